The van der Waals surface area contributed by atoms with E-state index < -0.39 is 0 Å². The van der Waals surface area contributed by atoms with Crippen LogP contribution in [-0.4, -0.2) is 4.57 Å². The zero-order valence-electron chi connectivity index (χ0n) is 14.9. The highest BCUT2D eigenvalue weighted by Gasteiger charge is 2.12. The van der Waals surface area contributed by atoms with E-state index in [0.29, 0.717) is 0 Å². The summed E-state index contributed by atoms with van der Waals surface area (Å²) in [6.07, 6.45) is 3.97. The van der Waals surface area contributed by atoms with Crippen LogP contribution in [0.4, 0.5) is 0 Å². The van der Waals surface area contributed by atoms with Crippen LogP contribution in [0.3, 0.4) is 0 Å². The molecule has 1 heteroatoms. The van der Waals surface area contributed by atoms with Crippen LogP contribution in [0.15, 0.2) is 104 Å². The third-order valence-electron chi connectivity index (χ3n) is 4.64. The van der Waals surface area contributed by atoms with Gasteiger partial charge in [0.05, 0.1) is 11.0 Å². The molecule has 0 fully saturated rings. The molecule has 4 aromatic rings. The van der Waals surface area contributed by atoms with Gasteiger partial charge in [0.2, 0.25) is 0 Å². The van der Waals surface area contributed by atoms with E-state index in [2.05, 4.69) is 90.5 Å². The first-order valence-electron chi connectivity index (χ1n) is 8.77. The number of benzene rings is 3. The summed E-state index contributed by atoms with van der Waals surface area (Å²) < 4.78 is 2.33. The molecule has 0 amide bonds. The van der Waals surface area contributed by atoms with E-state index in [-0.39, 0.29) is 0 Å². The van der Waals surface area contributed by atoms with Gasteiger partial charge in [0.1, 0.15) is 0 Å². The van der Waals surface area contributed by atoms with Gasteiger partial charge in [-0.1, -0.05) is 79.4 Å². The smallest absolute Gasteiger partial charge is 0.0547 e. The lowest BCUT2D eigenvalue weighted by Crippen LogP contribution is -1.93. The third-order valence-corrected chi connectivity index (χ3v) is 4.64. The van der Waals surface area contributed by atoms with E-state index in [0.717, 1.165) is 16.7 Å². The van der Waals surface area contributed by atoms with Gasteiger partial charge in [-0.15, -0.1) is 0 Å². The molecular weight excluding hydrogens is 314 g/mol. The molecule has 26 heavy (non-hydrogen) atoms. The molecule has 1 heterocycles. The number of aromatic nitrogens is 1. The maximum Gasteiger partial charge on any atom is 0.0547 e. The molecule has 0 saturated carbocycles. The minimum absolute atomic E-state index is 1.02. The Morgan fingerprint density at radius 3 is 2.27 bits per heavy atom. The molecule has 0 bridgehead atoms. The van der Waals surface area contributed by atoms with Gasteiger partial charge in [-0.2, -0.15) is 0 Å². The maximum absolute atomic E-state index is 4.00. The van der Waals surface area contributed by atoms with Gasteiger partial charge in [0.25, 0.3) is 0 Å². The molecule has 4 rings (SSSR count). The van der Waals surface area contributed by atoms with Crippen LogP contribution in [0.1, 0.15) is 12.5 Å². The molecule has 3 aromatic carbocycles. The second-order valence-corrected chi connectivity index (χ2v) is 6.57. The summed E-state index contributed by atoms with van der Waals surface area (Å²) in [6.45, 7) is 9.98. The van der Waals surface area contributed by atoms with Crippen LogP contribution in [0.25, 0.3) is 33.1 Å². The van der Waals surface area contributed by atoms with Crippen LogP contribution < -0.4 is 0 Å². The van der Waals surface area contributed by atoms with Gasteiger partial charge in [-0.25, -0.2) is 0 Å². The number of fused-ring (bicyclic) bond motifs is 3. The summed E-state index contributed by atoms with van der Waals surface area (Å²) in [7, 11) is 0. The predicted molar refractivity (Wildman–Crippen MR) is 114 cm³/mol. The maximum atomic E-state index is 4.00. The normalized spacial score (nSPS) is 11.8. The van der Waals surface area contributed by atoms with Gasteiger partial charge >= 0.3 is 0 Å². The number of hydrogen-bond acceptors (Lipinski definition) is 0. The SMILES string of the molecule is C=CC(=CC(=C)C)c1ccc2c3ccccc3n(-c3ccccc3)c2c1. The van der Waals surface area contributed by atoms with Crippen LogP contribution in [0.2, 0.25) is 0 Å². The van der Waals surface area contributed by atoms with Crippen molar-refractivity contribution in [2.45, 2.75) is 6.92 Å². The second kappa shape index (κ2) is 6.53. The second-order valence-electron chi connectivity index (χ2n) is 6.57. The van der Waals surface area contributed by atoms with E-state index in [1.54, 1.807) is 0 Å². The zero-order chi connectivity index (χ0) is 18.1. The molecule has 0 aliphatic heterocycles. The summed E-state index contributed by atoms with van der Waals surface area (Å²) in [4.78, 5) is 0. The highest BCUT2D eigenvalue weighted by molar-refractivity contribution is 6.10. The number of nitrogens with zero attached hydrogens (tertiary/aromatic N) is 1. The zero-order valence-corrected chi connectivity index (χ0v) is 14.9. The van der Waals surface area contributed by atoms with Gasteiger partial charge < -0.3 is 4.57 Å². The molecule has 1 nitrogen and oxygen atoms in total. The molecular formula is C25H21N. The molecule has 0 spiro atoms. The molecule has 0 unspecified atom stereocenters. The molecule has 0 saturated heterocycles. The van der Waals surface area contributed by atoms with Crippen molar-refractivity contribution in [2.24, 2.45) is 0 Å². The highest BCUT2D eigenvalue weighted by atomic mass is 15.0. The summed E-state index contributed by atoms with van der Waals surface area (Å²) in [5.74, 6) is 0. The fourth-order valence-corrected chi connectivity index (χ4v) is 3.53. The Labute approximate surface area is 154 Å². The van der Waals surface area contributed by atoms with E-state index >= 15 is 0 Å². The van der Waals surface area contributed by atoms with Crippen LogP contribution in [0.5, 0.6) is 0 Å². The van der Waals surface area contributed by atoms with Crippen molar-refractivity contribution >= 4 is 27.4 Å². The van der Waals surface area contributed by atoms with Crippen molar-refractivity contribution in [1.82, 2.24) is 4.57 Å². The van der Waals surface area contributed by atoms with Crippen molar-refractivity contribution < 1.29 is 0 Å². The van der Waals surface area contributed by atoms with Crippen molar-refractivity contribution in [3.05, 3.63) is 109 Å². The summed E-state index contributed by atoms with van der Waals surface area (Å²) in [5, 5.41) is 2.52. The van der Waals surface area contributed by atoms with Crippen LogP contribution >= 0.6 is 0 Å². The lowest BCUT2D eigenvalue weighted by Gasteiger charge is -2.09. The van der Waals surface area contributed by atoms with E-state index in [1.165, 1.54) is 27.5 Å². The minimum Gasteiger partial charge on any atom is -0.309 e. The van der Waals surface area contributed by atoms with Crippen molar-refractivity contribution in [3.63, 3.8) is 0 Å². The Bertz CT molecular complexity index is 1160. The first-order chi connectivity index (χ1) is 12.7. The van der Waals surface area contributed by atoms with Crippen LogP contribution in [-0.2, 0) is 0 Å². The average Bonchev–Trinajstić information content (AvgIpc) is 3.00. The standard InChI is InChI=1S/C25H21N/c1-4-19(16-18(2)3)20-14-15-23-22-12-8-9-13-24(22)26(25(23)17-20)21-10-6-5-7-11-21/h4-17H,1-2H2,3H3. The number of hydrogen-bond donors (Lipinski definition) is 0. The number of para-hydroxylation sites is 2. The summed E-state index contributed by atoms with van der Waals surface area (Å²) in [6, 6.07) is 25.7. The van der Waals surface area contributed by atoms with Crippen molar-refractivity contribution in [3.8, 4) is 5.69 Å². The predicted octanol–water partition coefficient (Wildman–Crippen LogP) is 6.93. The number of allylic oxidation sites excluding steroid dienone is 4. The van der Waals surface area contributed by atoms with Crippen LogP contribution in [0, 0.1) is 0 Å². The van der Waals surface area contributed by atoms with Crippen molar-refractivity contribution in [1.29, 1.82) is 0 Å². The Kier molecular flexibility index (Phi) is 4.06. The Morgan fingerprint density at radius 1 is 0.846 bits per heavy atom. The average molecular weight is 335 g/mol. The van der Waals surface area contributed by atoms with Gasteiger partial charge in [-0.05, 0) is 42.3 Å². The quantitative estimate of drug-likeness (QED) is 0.356. The molecule has 0 aliphatic rings. The molecule has 0 aliphatic carbocycles. The van der Waals surface area contributed by atoms with Gasteiger partial charge in [0, 0.05) is 16.5 Å². The topological polar surface area (TPSA) is 4.93 Å². The van der Waals surface area contributed by atoms with Crippen molar-refractivity contribution in [2.75, 3.05) is 0 Å². The Balaban J connectivity index is 2.08. The summed E-state index contributed by atoms with van der Waals surface area (Å²) >= 11 is 0. The molecule has 0 N–H and O–H groups in total. The highest BCUT2D eigenvalue weighted by Crippen LogP contribution is 2.33. The number of rotatable bonds is 4. The molecule has 0 radical (unpaired) electrons. The van der Waals surface area contributed by atoms with Gasteiger partial charge in [-0.3, -0.25) is 0 Å². The molecule has 1 aromatic heterocycles. The fraction of sp³-hybridized carbons (Fsp3) is 0.0400. The van der Waals surface area contributed by atoms with Gasteiger partial charge in [0.15, 0.2) is 0 Å². The van der Waals surface area contributed by atoms with E-state index in [1.807, 2.05) is 19.1 Å². The van der Waals surface area contributed by atoms with E-state index in [4.69, 9.17) is 0 Å². The minimum atomic E-state index is 1.02. The fourth-order valence-electron chi connectivity index (χ4n) is 3.53. The Morgan fingerprint density at radius 2 is 1.54 bits per heavy atom. The van der Waals surface area contributed by atoms with E-state index in [9.17, 15) is 0 Å². The lowest BCUT2D eigenvalue weighted by molar-refractivity contribution is 1.18. The summed E-state index contributed by atoms with van der Waals surface area (Å²) in [5.41, 5.74) is 6.84. The first-order valence-corrected chi connectivity index (χ1v) is 8.77. The third kappa shape index (κ3) is 2.68. The lowest BCUT2D eigenvalue weighted by atomic mass is 10.0. The Hall–Kier alpha value is -3.32. The molecule has 126 valence electrons. The molecule has 0 atom stereocenters. The largest absolute Gasteiger partial charge is 0.309 e. The first kappa shape index (κ1) is 16.2. The monoisotopic (exact) mass is 335 g/mol.